The Balaban J connectivity index is 1.06. The highest BCUT2D eigenvalue weighted by atomic mass is 35.5. The summed E-state index contributed by atoms with van der Waals surface area (Å²) in [6, 6.07) is 11.7. The molecule has 0 N–H and O–H groups in total. The number of nitrogens with zero attached hydrogens (tertiary/aromatic N) is 3. The van der Waals surface area contributed by atoms with Crippen LogP contribution in [0.2, 0.25) is 10.0 Å². The fourth-order valence-electron chi connectivity index (χ4n) is 6.64. The van der Waals surface area contributed by atoms with Gasteiger partial charge in [0.15, 0.2) is 6.73 Å². The smallest absolute Gasteiger partial charge is 0.307 e. The van der Waals surface area contributed by atoms with Crippen LogP contribution in [0.5, 0.6) is 5.75 Å². The van der Waals surface area contributed by atoms with Crippen molar-refractivity contribution in [1.82, 2.24) is 4.90 Å². The van der Waals surface area contributed by atoms with E-state index in [0.29, 0.717) is 35.9 Å². The molecule has 0 aliphatic carbocycles. The monoisotopic (exact) mass is 739 g/mol. The van der Waals surface area contributed by atoms with Crippen LogP contribution < -0.4 is 14.5 Å². The molecule has 1 amide bonds. The molecule has 0 radical (unpaired) electrons. The van der Waals surface area contributed by atoms with Gasteiger partial charge in [0, 0.05) is 45.1 Å². The van der Waals surface area contributed by atoms with Gasteiger partial charge in [-0.2, -0.15) is 0 Å². The largest absolute Gasteiger partial charge is 0.494 e. The standard InChI is InChI=1S/C42H59Cl2N3O4/c1-2-3-4-5-6-7-8-9-10-11-12-13-14-15-16-22-41(49)51-34-47-39-33-36(25-23-35(39)24-26-40(47)48)50-32-18-17-27-45-28-30-46(31-29-45)38-21-19-20-37(43)42(38)44/h3-4,9-10,19-21,23,25,33H,2,5-8,11-18,22,24,26-32,34H2,1H3. The lowest BCUT2D eigenvalue weighted by molar-refractivity contribution is -0.144. The summed E-state index contributed by atoms with van der Waals surface area (Å²) in [6.45, 7) is 7.57. The van der Waals surface area contributed by atoms with Crippen LogP contribution in [0.3, 0.4) is 0 Å². The molecule has 1 fully saturated rings. The number of ether oxygens (including phenoxy) is 2. The minimum absolute atomic E-state index is 0.0247. The first-order valence-corrected chi connectivity index (χ1v) is 20.1. The Kier molecular flexibility index (Phi) is 18.8. The highest BCUT2D eigenvalue weighted by molar-refractivity contribution is 6.43. The third-order valence-corrected chi connectivity index (χ3v) is 10.5. The van der Waals surface area contributed by atoms with Crippen LogP contribution in [0.15, 0.2) is 60.7 Å². The highest BCUT2D eigenvalue weighted by Crippen LogP contribution is 2.33. The summed E-state index contributed by atoms with van der Waals surface area (Å²) < 4.78 is 11.7. The maximum atomic E-state index is 12.8. The van der Waals surface area contributed by atoms with Crippen LogP contribution in [0.1, 0.15) is 109 Å². The van der Waals surface area contributed by atoms with Crippen LogP contribution in [-0.4, -0.2) is 62.8 Å². The molecule has 0 spiro atoms. The van der Waals surface area contributed by atoms with Gasteiger partial charge >= 0.3 is 5.97 Å². The van der Waals surface area contributed by atoms with Crippen LogP contribution in [0, 0.1) is 0 Å². The number of hydrogen-bond donors (Lipinski definition) is 0. The molecule has 7 nitrogen and oxygen atoms in total. The van der Waals surface area contributed by atoms with E-state index in [1.54, 1.807) is 4.90 Å². The summed E-state index contributed by atoms with van der Waals surface area (Å²) >= 11 is 12.6. The van der Waals surface area contributed by atoms with E-state index in [2.05, 4.69) is 41.0 Å². The number of carbonyl (C=O) groups excluding carboxylic acids is 2. The van der Waals surface area contributed by atoms with Crippen molar-refractivity contribution < 1.29 is 19.1 Å². The van der Waals surface area contributed by atoms with Crippen molar-refractivity contribution in [3.63, 3.8) is 0 Å². The summed E-state index contributed by atoms with van der Waals surface area (Å²) in [6.07, 6.45) is 25.2. The zero-order chi connectivity index (χ0) is 36.1. The van der Waals surface area contributed by atoms with Crippen molar-refractivity contribution in [3.8, 4) is 5.75 Å². The minimum atomic E-state index is -0.245. The topological polar surface area (TPSA) is 62.3 Å². The number of unbranched alkanes of at least 4 members (excludes halogenated alkanes) is 9. The number of anilines is 2. The van der Waals surface area contributed by atoms with Gasteiger partial charge in [-0.1, -0.05) is 85.8 Å². The van der Waals surface area contributed by atoms with Crippen molar-refractivity contribution in [2.45, 2.75) is 110 Å². The Labute approximate surface area is 316 Å². The molecule has 280 valence electrons. The number of aryl methyl sites for hydroxylation is 1. The molecule has 9 heteroatoms. The van der Waals surface area contributed by atoms with Crippen LogP contribution in [-0.2, 0) is 20.7 Å². The summed E-state index contributed by atoms with van der Waals surface area (Å²) in [7, 11) is 0. The van der Waals surface area contributed by atoms with Crippen molar-refractivity contribution in [2.24, 2.45) is 0 Å². The van der Waals surface area contributed by atoms with Gasteiger partial charge in [-0.15, -0.1) is 0 Å². The minimum Gasteiger partial charge on any atom is -0.494 e. The van der Waals surface area contributed by atoms with Gasteiger partial charge in [-0.25, -0.2) is 0 Å². The average Bonchev–Trinajstić information content (AvgIpc) is 3.14. The zero-order valence-electron chi connectivity index (χ0n) is 30.8. The molecule has 1 saturated heterocycles. The second kappa shape index (κ2) is 23.5. The molecule has 0 saturated carbocycles. The molecular formula is C42H59Cl2N3O4. The van der Waals surface area contributed by atoms with Gasteiger partial charge in [0.1, 0.15) is 5.75 Å². The maximum Gasteiger partial charge on any atom is 0.307 e. The highest BCUT2D eigenvalue weighted by Gasteiger charge is 2.26. The van der Waals surface area contributed by atoms with E-state index in [-0.39, 0.29) is 18.6 Å². The van der Waals surface area contributed by atoms with Crippen LogP contribution in [0.4, 0.5) is 11.4 Å². The molecule has 2 aromatic carbocycles. The van der Waals surface area contributed by atoms with Crippen LogP contribution in [0.25, 0.3) is 0 Å². The van der Waals surface area contributed by atoms with Gasteiger partial charge in [0.2, 0.25) is 5.91 Å². The first-order valence-electron chi connectivity index (χ1n) is 19.4. The predicted octanol–water partition coefficient (Wildman–Crippen LogP) is 10.6. The van der Waals surface area contributed by atoms with Crippen molar-refractivity contribution in [3.05, 3.63) is 76.3 Å². The Morgan fingerprint density at radius 1 is 0.784 bits per heavy atom. The van der Waals surface area contributed by atoms with E-state index in [1.165, 1.54) is 38.5 Å². The van der Waals surface area contributed by atoms with E-state index in [0.717, 1.165) is 100 Å². The number of hydrogen-bond acceptors (Lipinski definition) is 6. The number of halogens is 2. The summed E-state index contributed by atoms with van der Waals surface area (Å²) in [4.78, 5) is 31.7. The number of fused-ring (bicyclic) bond motifs is 1. The molecular weight excluding hydrogens is 681 g/mol. The zero-order valence-corrected chi connectivity index (χ0v) is 32.3. The van der Waals surface area contributed by atoms with Crippen LogP contribution >= 0.6 is 23.2 Å². The summed E-state index contributed by atoms with van der Waals surface area (Å²) in [5.74, 6) is 0.464. The molecule has 51 heavy (non-hydrogen) atoms. The first kappa shape index (κ1) is 40.8. The van der Waals surface area contributed by atoms with E-state index < -0.39 is 0 Å². The SMILES string of the molecule is CCC=CCCCCC=CCCCCCCCC(=O)OCN1C(=O)CCc2ccc(OCCCCN3CCN(c4cccc(Cl)c4Cl)CC3)cc21. The third-order valence-electron chi connectivity index (χ3n) is 9.71. The number of carbonyl (C=O) groups is 2. The molecule has 0 bridgehead atoms. The second-order valence-electron chi connectivity index (χ2n) is 13.7. The Morgan fingerprint density at radius 3 is 2.25 bits per heavy atom. The van der Waals surface area contributed by atoms with E-state index in [9.17, 15) is 9.59 Å². The van der Waals surface area contributed by atoms with Gasteiger partial charge in [-0.05, 0) is 101 Å². The fourth-order valence-corrected chi connectivity index (χ4v) is 7.06. The number of esters is 1. The Morgan fingerprint density at radius 2 is 1.49 bits per heavy atom. The van der Waals surface area contributed by atoms with Crippen molar-refractivity contribution in [2.75, 3.05) is 55.9 Å². The lowest BCUT2D eigenvalue weighted by Crippen LogP contribution is -2.46. The van der Waals surface area contributed by atoms with Crippen molar-refractivity contribution >= 4 is 46.5 Å². The number of benzene rings is 2. The van der Waals surface area contributed by atoms with Gasteiger partial charge in [0.25, 0.3) is 0 Å². The number of piperazine rings is 1. The molecule has 0 atom stereocenters. The quantitative estimate of drug-likeness (QED) is 0.0642. The van der Waals surface area contributed by atoms with E-state index in [4.69, 9.17) is 32.7 Å². The lowest BCUT2D eigenvalue weighted by Gasteiger charge is -2.36. The number of rotatable bonds is 23. The third kappa shape index (κ3) is 14.5. The molecule has 0 unspecified atom stereocenters. The number of allylic oxidation sites excluding steroid dienone is 4. The van der Waals surface area contributed by atoms with Gasteiger partial charge < -0.3 is 14.4 Å². The molecule has 2 aromatic rings. The molecule has 2 heterocycles. The van der Waals surface area contributed by atoms with E-state index >= 15 is 0 Å². The lowest BCUT2D eigenvalue weighted by atomic mass is 10.0. The van der Waals surface area contributed by atoms with E-state index in [1.807, 2.05) is 36.4 Å². The summed E-state index contributed by atoms with van der Waals surface area (Å²) in [5.41, 5.74) is 2.87. The summed E-state index contributed by atoms with van der Waals surface area (Å²) in [5, 5.41) is 1.22. The predicted molar refractivity (Wildman–Crippen MR) is 212 cm³/mol. The Bertz CT molecular complexity index is 1410. The Hall–Kier alpha value is -3.00. The number of amides is 1. The maximum absolute atomic E-state index is 12.8. The molecule has 2 aliphatic rings. The van der Waals surface area contributed by atoms with Gasteiger partial charge in [-0.3, -0.25) is 19.4 Å². The first-order chi connectivity index (χ1) is 25.0. The second-order valence-corrected chi connectivity index (χ2v) is 14.4. The molecule has 4 rings (SSSR count). The fraction of sp³-hybridized carbons (Fsp3) is 0.571. The molecule has 2 aliphatic heterocycles. The average molecular weight is 741 g/mol. The van der Waals surface area contributed by atoms with Crippen molar-refractivity contribution in [1.29, 1.82) is 0 Å². The normalized spacial score (nSPS) is 15.2. The molecule has 0 aromatic heterocycles. The van der Waals surface area contributed by atoms with Gasteiger partial charge in [0.05, 0.1) is 28.0 Å².